The molecule has 1 fully saturated rings. The SMILES string of the molecule is CCCCCC1CC1.CN.O=S(=O)(O)C(F)(F)F. The van der Waals surface area contributed by atoms with Crippen molar-refractivity contribution >= 4 is 10.1 Å². The van der Waals surface area contributed by atoms with Crippen LogP contribution in [0.25, 0.3) is 0 Å². The Bertz CT molecular complexity index is 287. The van der Waals surface area contributed by atoms with Crippen molar-refractivity contribution in [1.29, 1.82) is 0 Å². The lowest BCUT2D eigenvalue weighted by atomic mass is 10.1. The van der Waals surface area contributed by atoms with Crippen LogP contribution in [0.3, 0.4) is 0 Å². The molecule has 0 aromatic heterocycles. The van der Waals surface area contributed by atoms with E-state index in [1.165, 1.54) is 45.6 Å². The molecule has 0 atom stereocenters. The molecule has 0 unspecified atom stereocenters. The number of hydrogen-bond donors (Lipinski definition) is 2. The summed E-state index contributed by atoms with van der Waals surface area (Å²) in [5, 5.41) is 0. The summed E-state index contributed by atoms with van der Waals surface area (Å²) >= 11 is 0. The summed E-state index contributed by atoms with van der Waals surface area (Å²) in [6.45, 7) is 2.27. The third kappa shape index (κ3) is 12.1. The van der Waals surface area contributed by atoms with Crippen LogP contribution in [0.1, 0.15) is 45.4 Å². The fourth-order valence-corrected chi connectivity index (χ4v) is 1.09. The Morgan fingerprint density at radius 1 is 1.22 bits per heavy atom. The molecule has 1 rings (SSSR count). The molecule has 3 N–H and O–H groups in total. The molecule has 0 aromatic carbocycles. The monoisotopic (exact) mass is 293 g/mol. The highest BCUT2D eigenvalue weighted by molar-refractivity contribution is 7.86. The molecule has 1 saturated carbocycles. The zero-order valence-corrected chi connectivity index (χ0v) is 11.5. The normalized spacial score (nSPS) is 15.1. The molecule has 0 heterocycles. The molecule has 0 radical (unpaired) electrons. The number of rotatable bonds is 4. The Kier molecular flexibility index (Phi) is 10.6. The second kappa shape index (κ2) is 9.57. The number of alkyl halides is 3. The van der Waals surface area contributed by atoms with E-state index in [9.17, 15) is 13.2 Å². The highest BCUT2D eigenvalue weighted by atomic mass is 32.2. The average Bonchev–Trinajstić information content (AvgIpc) is 3.03. The molecule has 0 spiro atoms. The minimum absolute atomic E-state index is 1.15. The molecule has 1 aliphatic carbocycles. The molecule has 18 heavy (non-hydrogen) atoms. The Labute approximate surface area is 106 Å². The summed E-state index contributed by atoms with van der Waals surface area (Å²) in [7, 11) is -4.34. The topological polar surface area (TPSA) is 80.4 Å². The van der Waals surface area contributed by atoms with Crippen molar-refractivity contribution in [3.63, 3.8) is 0 Å². The minimum atomic E-state index is -5.84. The molecular formula is C10H22F3NO3S. The van der Waals surface area contributed by atoms with Gasteiger partial charge in [0.2, 0.25) is 0 Å². The van der Waals surface area contributed by atoms with Gasteiger partial charge in [-0.15, -0.1) is 0 Å². The quantitative estimate of drug-likeness (QED) is 0.474. The molecule has 1 aliphatic rings. The first-order chi connectivity index (χ1) is 8.18. The summed E-state index contributed by atoms with van der Waals surface area (Å²) in [5.41, 5.74) is -1.03. The second-order valence-corrected chi connectivity index (χ2v) is 5.27. The second-order valence-electron chi connectivity index (χ2n) is 3.86. The van der Waals surface area contributed by atoms with E-state index < -0.39 is 15.6 Å². The summed E-state index contributed by atoms with van der Waals surface area (Å²) in [4.78, 5) is 0. The predicted octanol–water partition coefficient (Wildman–Crippen LogP) is 2.95. The van der Waals surface area contributed by atoms with Crippen LogP contribution in [0.15, 0.2) is 0 Å². The van der Waals surface area contributed by atoms with E-state index in [-0.39, 0.29) is 0 Å². The predicted molar refractivity (Wildman–Crippen MR) is 64.6 cm³/mol. The maximum atomic E-state index is 10.7. The van der Waals surface area contributed by atoms with Gasteiger partial charge in [0.05, 0.1) is 0 Å². The van der Waals surface area contributed by atoms with Crippen LogP contribution in [0.5, 0.6) is 0 Å². The van der Waals surface area contributed by atoms with Gasteiger partial charge in [-0.3, -0.25) is 4.55 Å². The van der Waals surface area contributed by atoms with Crippen molar-refractivity contribution in [3.05, 3.63) is 0 Å². The van der Waals surface area contributed by atoms with Gasteiger partial charge in [0, 0.05) is 0 Å². The van der Waals surface area contributed by atoms with Gasteiger partial charge in [0.1, 0.15) is 0 Å². The van der Waals surface area contributed by atoms with E-state index in [0.717, 1.165) is 5.92 Å². The Morgan fingerprint density at radius 2 is 1.61 bits per heavy atom. The zero-order chi connectivity index (χ0) is 14.8. The van der Waals surface area contributed by atoms with Crippen molar-refractivity contribution in [2.75, 3.05) is 7.05 Å². The molecule has 0 saturated heterocycles. The van der Waals surface area contributed by atoms with E-state index in [1.807, 2.05) is 0 Å². The van der Waals surface area contributed by atoms with E-state index >= 15 is 0 Å². The lowest BCUT2D eigenvalue weighted by molar-refractivity contribution is -0.0510. The minimum Gasteiger partial charge on any atom is -0.333 e. The largest absolute Gasteiger partial charge is 0.522 e. The highest BCUT2D eigenvalue weighted by Crippen LogP contribution is 2.33. The van der Waals surface area contributed by atoms with E-state index in [1.54, 1.807) is 0 Å². The van der Waals surface area contributed by atoms with E-state index in [0.29, 0.717) is 0 Å². The summed E-state index contributed by atoms with van der Waals surface area (Å²) in [5.74, 6) is 1.15. The van der Waals surface area contributed by atoms with Crippen molar-refractivity contribution < 1.29 is 26.1 Å². The molecule has 112 valence electrons. The van der Waals surface area contributed by atoms with Crippen molar-refractivity contribution in [2.45, 2.75) is 51.0 Å². The van der Waals surface area contributed by atoms with Gasteiger partial charge in [-0.25, -0.2) is 0 Å². The van der Waals surface area contributed by atoms with Gasteiger partial charge in [-0.2, -0.15) is 21.6 Å². The summed E-state index contributed by atoms with van der Waals surface area (Å²) in [6, 6.07) is 0. The lowest BCUT2D eigenvalue weighted by Gasteiger charge is -1.97. The van der Waals surface area contributed by atoms with Gasteiger partial charge in [-0.05, 0) is 13.0 Å². The zero-order valence-electron chi connectivity index (χ0n) is 10.7. The van der Waals surface area contributed by atoms with E-state index in [4.69, 9.17) is 13.0 Å². The first kappa shape index (κ1) is 20.0. The molecule has 0 amide bonds. The van der Waals surface area contributed by atoms with Crippen LogP contribution < -0.4 is 5.73 Å². The fraction of sp³-hybridized carbons (Fsp3) is 1.00. The fourth-order valence-electron chi connectivity index (χ4n) is 1.09. The van der Waals surface area contributed by atoms with Gasteiger partial charge in [0.25, 0.3) is 0 Å². The third-order valence-electron chi connectivity index (χ3n) is 2.21. The van der Waals surface area contributed by atoms with Gasteiger partial charge < -0.3 is 5.73 Å². The molecule has 0 bridgehead atoms. The van der Waals surface area contributed by atoms with Crippen LogP contribution in [0, 0.1) is 5.92 Å². The maximum Gasteiger partial charge on any atom is 0.522 e. The average molecular weight is 293 g/mol. The van der Waals surface area contributed by atoms with Crippen molar-refractivity contribution in [1.82, 2.24) is 0 Å². The van der Waals surface area contributed by atoms with Crippen LogP contribution >= 0.6 is 0 Å². The molecule has 8 heteroatoms. The summed E-state index contributed by atoms with van der Waals surface area (Å²) in [6.07, 6.45) is 8.91. The number of halogens is 3. The Balaban J connectivity index is 0. The lowest BCUT2D eigenvalue weighted by Crippen LogP contribution is -2.21. The Hall–Kier alpha value is -0.340. The smallest absolute Gasteiger partial charge is 0.333 e. The standard InChI is InChI=1S/C8H16.CHF3O3S.CH5N/c1-2-3-4-5-8-6-7-8;2-1(3,4)8(5,6)7;1-2/h8H,2-7H2,1H3;(H,5,6,7);2H2,1H3. The molecule has 0 aliphatic heterocycles. The van der Waals surface area contributed by atoms with Crippen LogP contribution in [0.2, 0.25) is 0 Å². The molecular weight excluding hydrogens is 271 g/mol. The molecule has 0 aromatic rings. The number of unbranched alkanes of at least 4 members (excludes halogenated alkanes) is 2. The Morgan fingerprint density at radius 3 is 1.83 bits per heavy atom. The van der Waals surface area contributed by atoms with E-state index in [2.05, 4.69) is 12.7 Å². The van der Waals surface area contributed by atoms with Gasteiger partial charge >= 0.3 is 15.6 Å². The van der Waals surface area contributed by atoms with Crippen molar-refractivity contribution in [3.8, 4) is 0 Å². The third-order valence-corrected chi connectivity index (χ3v) is 2.79. The molecule has 4 nitrogen and oxygen atoms in total. The first-order valence-electron chi connectivity index (χ1n) is 5.80. The maximum absolute atomic E-state index is 10.7. The van der Waals surface area contributed by atoms with Crippen molar-refractivity contribution in [2.24, 2.45) is 11.7 Å². The van der Waals surface area contributed by atoms with Crippen LogP contribution in [-0.4, -0.2) is 25.5 Å². The van der Waals surface area contributed by atoms with Crippen LogP contribution in [0.4, 0.5) is 13.2 Å². The van der Waals surface area contributed by atoms with Gasteiger partial charge in [0.15, 0.2) is 0 Å². The summed E-state index contributed by atoms with van der Waals surface area (Å²) < 4.78 is 57.5. The van der Waals surface area contributed by atoms with Crippen LogP contribution in [-0.2, 0) is 10.1 Å². The highest BCUT2D eigenvalue weighted by Gasteiger charge is 2.44. The van der Waals surface area contributed by atoms with Gasteiger partial charge in [-0.1, -0.05) is 45.4 Å². The number of nitrogens with two attached hydrogens (primary N) is 1. The number of hydrogen-bond acceptors (Lipinski definition) is 3. The first-order valence-corrected chi connectivity index (χ1v) is 7.24.